The molecular formula is C24H25NO4S. The first kappa shape index (κ1) is 21.6. The number of anilines is 1. The molecule has 3 aromatic rings. The minimum Gasteiger partial charge on any atom is -0.484 e. The van der Waals surface area contributed by atoms with Crippen LogP contribution in [0.2, 0.25) is 0 Å². The highest BCUT2D eigenvalue weighted by Gasteiger charge is 2.31. The number of aryl methyl sites for hydroxylation is 3. The van der Waals surface area contributed by atoms with Crippen molar-refractivity contribution >= 4 is 21.6 Å². The first-order valence-corrected chi connectivity index (χ1v) is 11.2. The van der Waals surface area contributed by atoms with Crippen molar-refractivity contribution in [2.24, 2.45) is 0 Å². The second-order valence-electron chi connectivity index (χ2n) is 7.10. The minimum atomic E-state index is -4.10. The van der Waals surface area contributed by atoms with E-state index in [4.69, 9.17) is 4.74 Å². The zero-order valence-corrected chi connectivity index (χ0v) is 18.1. The molecule has 6 heteroatoms. The molecule has 0 saturated carbocycles. The molecule has 0 bridgehead atoms. The van der Waals surface area contributed by atoms with E-state index in [0.29, 0.717) is 5.75 Å². The molecule has 0 aliphatic carbocycles. The number of sulfonamides is 1. The number of carbonyl (C=O) groups excluding carboxylic acids is 1. The van der Waals surface area contributed by atoms with Gasteiger partial charge in [0.05, 0.1) is 10.6 Å². The summed E-state index contributed by atoms with van der Waals surface area (Å²) in [5, 5.41) is 0. The highest BCUT2D eigenvalue weighted by Crippen LogP contribution is 2.25. The predicted octanol–water partition coefficient (Wildman–Crippen LogP) is 4.67. The van der Waals surface area contributed by atoms with Gasteiger partial charge in [0.25, 0.3) is 15.9 Å². The summed E-state index contributed by atoms with van der Waals surface area (Å²) in [6, 6.07) is 20.6. The van der Waals surface area contributed by atoms with Crippen molar-refractivity contribution in [2.75, 3.05) is 10.9 Å². The van der Waals surface area contributed by atoms with Gasteiger partial charge in [-0.05, 0) is 67.8 Å². The fourth-order valence-corrected chi connectivity index (χ4v) is 4.42. The Kier molecular flexibility index (Phi) is 6.57. The smallest absolute Gasteiger partial charge is 0.278 e. The van der Waals surface area contributed by atoms with Crippen LogP contribution in [-0.4, -0.2) is 20.9 Å². The molecule has 0 radical (unpaired) electrons. The Balaban J connectivity index is 1.95. The maximum atomic E-state index is 13.4. The van der Waals surface area contributed by atoms with E-state index in [1.807, 2.05) is 45.0 Å². The van der Waals surface area contributed by atoms with Crippen molar-refractivity contribution in [1.82, 2.24) is 0 Å². The lowest BCUT2D eigenvalue weighted by Crippen LogP contribution is -2.40. The molecular weight excluding hydrogens is 398 g/mol. The largest absolute Gasteiger partial charge is 0.484 e. The van der Waals surface area contributed by atoms with Crippen LogP contribution in [0, 0.1) is 13.8 Å². The zero-order valence-electron chi connectivity index (χ0n) is 17.3. The summed E-state index contributed by atoms with van der Waals surface area (Å²) in [5.74, 6) is -0.154. The molecule has 0 heterocycles. The van der Waals surface area contributed by atoms with Gasteiger partial charge in [-0.2, -0.15) is 4.31 Å². The van der Waals surface area contributed by atoms with Gasteiger partial charge in [-0.3, -0.25) is 4.79 Å². The van der Waals surface area contributed by atoms with E-state index < -0.39 is 22.5 Å². The van der Waals surface area contributed by atoms with Crippen molar-refractivity contribution in [1.29, 1.82) is 0 Å². The standard InChI is InChI=1S/C24H25NO4S/c1-4-20-10-12-21(13-11-20)25(30(27,28)23-14-8-18(2)9-15-23)24(26)17-29-22-7-5-6-19(3)16-22/h5-16H,4,17H2,1-3H3. The van der Waals surface area contributed by atoms with Gasteiger partial charge in [-0.25, -0.2) is 8.42 Å². The average Bonchev–Trinajstić information content (AvgIpc) is 2.73. The van der Waals surface area contributed by atoms with Crippen LogP contribution < -0.4 is 9.04 Å². The number of carbonyl (C=O) groups is 1. The van der Waals surface area contributed by atoms with Gasteiger partial charge in [0.1, 0.15) is 5.75 Å². The number of hydrogen-bond acceptors (Lipinski definition) is 4. The van der Waals surface area contributed by atoms with E-state index in [2.05, 4.69) is 0 Å². The molecule has 3 aromatic carbocycles. The number of amides is 1. The number of ether oxygens (including phenoxy) is 1. The predicted molar refractivity (Wildman–Crippen MR) is 118 cm³/mol. The van der Waals surface area contributed by atoms with E-state index >= 15 is 0 Å². The third kappa shape index (κ3) is 4.89. The van der Waals surface area contributed by atoms with Crippen LogP contribution in [0.15, 0.2) is 77.7 Å². The van der Waals surface area contributed by atoms with E-state index in [9.17, 15) is 13.2 Å². The van der Waals surface area contributed by atoms with Gasteiger partial charge in [0.15, 0.2) is 6.61 Å². The van der Waals surface area contributed by atoms with Gasteiger partial charge >= 0.3 is 0 Å². The number of nitrogens with zero attached hydrogens (tertiary/aromatic N) is 1. The monoisotopic (exact) mass is 423 g/mol. The van der Waals surface area contributed by atoms with Crippen LogP contribution in [0.3, 0.4) is 0 Å². The normalized spacial score (nSPS) is 11.2. The number of benzene rings is 3. The van der Waals surface area contributed by atoms with Gasteiger partial charge in [-0.1, -0.05) is 48.9 Å². The van der Waals surface area contributed by atoms with E-state index in [1.165, 1.54) is 12.1 Å². The van der Waals surface area contributed by atoms with Crippen molar-refractivity contribution in [3.05, 3.63) is 89.5 Å². The molecule has 5 nitrogen and oxygen atoms in total. The summed E-state index contributed by atoms with van der Waals surface area (Å²) in [5.41, 5.74) is 3.25. The van der Waals surface area contributed by atoms with E-state index in [1.54, 1.807) is 36.4 Å². The third-order valence-electron chi connectivity index (χ3n) is 4.72. The number of hydrogen-bond donors (Lipinski definition) is 0. The Morgan fingerprint density at radius 3 is 2.17 bits per heavy atom. The molecule has 30 heavy (non-hydrogen) atoms. The summed E-state index contributed by atoms with van der Waals surface area (Å²) in [4.78, 5) is 13.1. The lowest BCUT2D eigenvalue weighted by molar-refractivity contribution is -0.119. The fraction of sp³-hybridized carbons (Fsp3) is 0.208. The highest BCUT2D eigenvalue weighted by atomic mass is 32.2. The maximum absolute atomic E-state index is 13.4. The molecule has 3 rings (SSSR count). The molecule has 0 spiro atoms. The third-order valence-corrected chi connectivity index (χ3v) is 6.48. The molecule has 0 atom stereocenters. The Labute approximate surface area is 178 Å². The Morgan fingerprint density at radius 2 is 1.57 bits per heavy atom. The van der Waals surface area contributed by atoms with Crippen LogP contribution >= 0.6 is 0 Å². The second kappa shape index (κ2) is 9.13. The van der Waals surface area contributed by atoms with Crippen LogP contribution in [-0.2, 0) is 21.2 Å². The Bertz CT molecular complexity index is 1120. The highest BCUT2D eigenvalue weighted by molar-refractivity contribution is 7.93. The van der Waals surface area contributed by atoms with Crippen LogP contribution in [0.5, 0.6) is 5.75 Å². The van der Waals surface area contributed by atoms with Crippen LogP contribution in [0.4, 0.5) is 5.69 Å². The van der Waals surface area contributed by atoms with E-state index in [-0.39, 0.29) is 10.6 Å². The summed E-state index contributed by atoms with van der Waals surface area (Å²) in [6.45, 7) is 5.40. The van der Waals surface area contributed by atoms with E-state index in [0.717, 1.165) is 27.4 Å². The lowest BCUT2D eigenvalue weighted by Gasteiger charge is -2.23. The summed E-state index contributed by atoms with van der Waals surface area (Å²) in [6.07, 6.45) is 0.815. The van der Waals surface area contributed by atoms with Gasteiger partial charge in [0.2, 0.25) is 0 Å². The first-order valence-electron chi connectivity index (χ1n) is 9.74. The summed E-state index contributed by atoms with van der Waals surface area (Å²) < 4.78 is 33.1. The topological polar surface area (TPSA) is 63.7 Å². The molecule has 0 aromatic heterocycles. The Morgan fingerprint density at radius 1 is 0.900 bits per heavy atom. The molecule has 0 saturated heterocycles. The van der Waals surface area contributed by atoms with Crippen LogP contribution in [0.25, 0.3) is 0 Å². The van der Waals surface area contributed by atoms with Crippen molar-refractivity contribution in [3.63, 3.8) is 0 Å². The minimum absolute atomic E-state index is 0.0524. The van der Waals surface area contributed by atoms with Crippen molar-refractivity contribution in [2.45, 2.75) is 32.1 Å². The Hall–Kier alpha value is -3.12. The molecule has 0 N–H and O–H groups in total. The fourth-order valence-electron chi connectivity index (χ4n) is 3.01. The van der Waals surface area contributed by atoms with Crippen LogP contribution in [0.1, 0.15) is 23.6 Å². The average molecular weight is 424 g/mol. The summed E-state index contributed by atoms with van der Waals surface area (Å²) >= 11 is 0. The molecule has 156 valence electrons. The maximum Gasteiger partial charge on any atom is 0.278 e. The van der Waals surface area contributed by atoms with Crippen molar-refractivity contribution < 1.29 is 17.9 Å². The molecule has 0 unspecified atom stereocenters. The molecule has 0 aliphatic heterocycles. The zero-order chi connectivity index (χ0) is 21.7. The quantitative estimate of drug-likeness (QED) is 0.554. The van der Waals surface area contributed by atoms with Crippen molar-refractivity contribution in [3.8, 4) is 5.75 Å². The number of rotatable bonds is 7. The van der Waals surface area contributed by atoms with Gasteiger partial charge < -0.3 is 4.74 Å². The summed E-state index contributed by atoms with van der Waals surface area (Å²) in [7, 11) is -4.10. The van der Waals surface area contributed by atoms with Gasteiger partial charge in [-0.15, -0.1) is 0 Å². The molecule has 0 aliphatic rings. The SMILES string of the molecule is CCc1ccc(N(C(=O)COc2cccc(C)c2)S(=O)(=O)c2ccc(C)cc2)cc1. The lowest BCUT2D eigenvalue weighted by atomic mass is 10.1. The second-order valence-corrected chi connectivity index (χ2v) is 8.89. The first-order chi connectivity index (χ1) is 14.3. The molecule has 0 fully saturated rings. The molecule has 1 amide bonds. The van der Waals surface area contributed by atoms with Gasteiger partial charge in [0, 0.05) is 0 Å².